The van der Waals surface area contributed by atoms with Crippen molar-refractivity contribution in [1.29, 1.82) is 0 Å². The second-order valence-corrected chi connectivity index (χ2v) is 5.01. The molecule has 0 heterocycles. The molecule has 0 amide bonds. The van der Waals surface area contributed by atoms with E-state index in [0.29, 0.717) is 6.61 Å². The molecule has 0 N–H and O–H groups in total. The predicted molar refractivity (Wildman–Crippen MR) is 91.0 cm³/mol. The van der Waals surface area contributed by atoms with E-state index in [1.165, 1.54) is 0 Å². The topological polar surface area (TPSA) is 35.5 Å². The van der Waals surface area contributed by atoms with Crippen LogP contribution >= 0.6 is 0 Å². The number of hydrogen-bond donors (Lipinski definition) is 0. The van der Waals surface area contributed by atoms with E-state index in [4.69, 9.17) is 9.47 Å². The number of ether oxygens (including phenoxy) is 2. The molecule has 0 saturated heterocycles. The van der Waals surface area contributed by atoms with E-state index < -0.39 is 12.1 Å². The van der Waals surface area contributed by atoms with Gasteiger partial charge in [0.15, 0.2) is 6.10 Å². The number of rotatable bonds is 8. The summed E-state index contributed by atoms with van der Waals surface area (Å²) >= 11 is 0. The SMILES string of the molecule is C=CCOCC(=C)C(=O)OC(c1ccccc1)c1ccccc1. The molecule has 0 saturated carbocycles. The molecule has 0 aliphatic carbocycles. The summed E-state index contributed by atoms with van der Waals surface area (Å²) in [5.74, 6) is -0.466. The van der Waals surface area contributed by atoms with E-state index in [2.05, 4.69) is 13.2 Å². The van der Waals surface area contributed by atoms with Crippen LogP contribution in [0.25, 0.3) is 0 Å². The van der Waals surface area contributed by atoms with Crippen molar-refractivity contribution in [3.63, 3.8) is 0 Å². The maximum absolute atomic E-state index is 12.3. The van der Waals surface area contributed by atoms with Gasteiger partial charge in [-0.25, -0.2) is 4.79 Å². The first-order valence-corrected chi connectivity index (χ1v) is 7.39. The first-order chi connectivity index (χ1) is 11.2. The van der Waals surface area contributed by atoms with Crippen LogP contribution in [0, 0.1) is 0 Å². The normalized spacial score (nSPS) is 10.3. The fourth-order valence-corrected chi connectivity index (χ4v) is 2.10. The van der Waals surface area contributed by atoms with Crippen molar-refractivity contribution in [1.82, 2.24) is 0 Å². The van der Waals surface area contributed by atoms with Gasteiger partial charge in [0.2, 0.25) is 0 Å². The minimum Gasteiger partial charge on any atom is -0.449 e. The van der Waals surface area contributed by atoms with E-state index in [1.54, 1.807) is 6.08 Å². The van der Waals surface area contributed by atoms with Gasteiger partial charge in [-0.05, 0) is 11.1 Å². The Morgan fingerprint density at radius 3 is 2.00 bits per heavy atom. The summed E-state index contributed by atoms with van der Waals surface area (Å²) in [5, 5.41) is 0. The van der Waals surface area contributed by atoms with Crippen LogP contribution in [0.5, 0.6) is 0 Å². The highest BCUT2D eigenvalue weighted by Gasteiger charge is 2.20. The molecule has 118 valence electrons. The van der Waals surface area contributed by atoms with Crippen LogP contribution in [0.2, 0.25) is 0 Å². The number of hydrogen-bond acceptors (Lipinski definition) is 3. The molecule has 0 aliphatic rings. The Morgan fingerprint density at radius 2 is 1.52 bits per heavy atom. The van der Waals surface area contributed by atoms with Gasteiger partial charge in [-0.3, -0.25) is 0 Å². The van der Waals surface area contributed by atoms with Crippen molar-refractivity contribution in [2.45, 2.75) is 6.10 Å². The molecule has 0 bridgehead atoms. The van der Waals surface area contributed by atoms with Gasteiger partial charge in [0.25, 0.3) is 0 Å². The van der Waals surface area contributed by atoms with Gasteiger partial charge in [-0.1, -0.05) is 73.3 Å². The van der Waals surface area contributed by atoms with Gasteiger partial charge >= 0.3 is 5.97 Å². The number of carbonyl (C=O) groups is 1. The minimum atomic E-state index is -0.471. The van der Waals surface area contributed by atoms with Crippen molar-refractivity contribution in [3.05, 3.63) is 96.6 Å². The van der Waals surface area contributed by atoms with Crippen LogP contribution in [0.3, 0.4) is 0 Å². The van der Waals surface area contributed by atoms with Gasteiger partial charge in [0.1, 0.15) is 0 Å². The van der Waals surface area contributed by atoms with Crippen molar-refractivity contribution < 1.29 is 14.3 Å². The lowest BCUT2D eigenvalue weighted by atomic mass is 10.0. The number of esters is 1. The third-order valence-corrected chi connectivity index (χ3v) is 3.23. The van der Waals surface area contributed by atoms with E-state index in [0.717, 1.165) is 11.1 Å². The lowest BCUT2D eigenvalue weighted by Crippen LogP contribution is -2.16. The highest BCUT2D eigenvalue weighted by atomic mass is 16.5. The standard InChI is InChI=1S/C20H20O3/c1-3-14-22-15-16(2)20(21)23-19(17-10-6-4-7-11-17)18-12-8-5-9-13-18/h3-13,19H,1-2,14-15H2. The lowest BCUT2D eigenvalue weighted by Gasteiger charge is -2.19. The summed E-state index contributed by atoms with van der Waals surface area (Å²) < 4.78 is 10.9. The lowest BCUT2D eigenvalue weighted by molar-refractivity contribution is -0.143. The first-order valence-electron chi connectivity index (χ1n) is 7.39. The molecule has 3 heteroatoms. The Kier molecular flexibility index (Phi) is 6.33. The predicted octanol–water partition coefficient (Wildman–Crippen LogP) is 4.08. The van der Waals surface area contributed by atoms with Crippen molar-refractivity contribution in [2.75, 3.05) is 13.2 Å². The van der Waals surface area contributed by atoms with Crippen LogP contribution in [-0.2, 0) is 14.3 Å². The van der Waals surface area contributed by atoms with E-state index in [9.17, 15) is 4.79 Å². The van der Waals surface area contributed by atoms with E-state index in [1.807, 2.05) is 60.7 Å². The van der Waals surface area contributed by atoms with Gasteiger partial charge in [-0.2, -0.15) is 0 Å². The molecule has 0 atom stereocenters. The van der Waals surface area contributed by atoms with Gasteiger partial charge in [0.05, 0.1) is 18.8 Å². The molecule has 2 rings (SSSR count). The Morgan fingerprint density at radius 1 is 1.00 bits per heavy atom. The Bertz CT molecular complexity index is 608. The van der Waals surface area contributed by atoms with E-state index >= 15 is 0 Å². The zero-order valence-electron chi connectivity index (χ0n) is 13.0. The zero-order chi connectivity index (χ0) is 16.5. The third kappa shape index (κ3) is 4.94. The molecule has 23 heavy (non-hydrogen) atoms. The fraction of sp³-hybridized carbons (Fsp3) is 0.150. The molecule has 0 aromatic heterocycles. The van der Waals surface area contributed by atoms with Crippen LogP contribution in [0.4, 0.5) is 0 Å². The molecule has 3 nitrogen and oxygen atoms in total. The summed E-state index contributed by atoms with van der Waals surface area (Å²) in [5.41, 5.74) is 2.10. The maximum Gasteiger partial charge on any atom is 0.336 e. The van der Waals surface area contributed by atoms with E-state index in [-0.39, 0.29) is 12.2 Å². The molecule has 0 unspecified atom stereocenters. The van der Waals surface area contributed by atoms with Crippen molar-refractivity contribution in [2.24, 2.45) is 0 Å². The molecule has 2 aromatic carbocycles. The maximum atomic E-state index is 12.3. The quantitative estimate of drug-likeness (QED) is 0.319. The molecule has 0 spiro atoms. The average molecular weight is 308 g/mol. The minimum absolute atomic E-state index is 0.126. The summed E-state index contributed by atoms with van der Waals surface area (Å²) in [7, 11) is 0. The Hall–Kier alpha value is -2.65. The number of benzene rings is 2. The molecule has 0 radical (unpaired) electrons. The molecular weight excluding hydrogens is 288 g/mol. The van der Waals surface area contributed by atoms with Gasteiger partial charge < -0.3 is 9.47 Å². The third-order valence-electron chi connectivity index (χ3n) is 3.23. The summed E-state index contributed by atoms with van der Waals surface area (Å²) in [6.45, 7) is 7.79. The van der Waals surface area contributed by atoms with Crippen LogP contribution in [-0.4, -0.2) is 19.2 Å². The Labute approximate surface area is 136 Å². The highest BCUT2D eigenvalue weighted by molar-refractivity contribution is 5.88. The highest BCUT2D eigenvalue weighted by Crippen LogP contribution is 2.26. The fourth-order valence-electron chi connectivity index (χ4n) is 2.10. The molecular formula is C20H20O3. The summed E-state index contributed by atoms with van der Waals surface area (Å²) in [6.07, 6.45) is 1.15. The van der Waals surface area contributed by atoms with Gasteiger partial charge in [0, 0.05) is 0 Å². The second-order valence-electron chi connectivity index (χ2n) is 5.01. The smallest absolute Gasteiger partial charge is 0.336 e. The van der Waals surface area contributed by atoms with Crippen molar-refractivity contribution >= 4 is 5.97 Å². The molecule has 0 aliphatic heterocycles. The van der Waals surface area contributed by atoms with Gasteiger partial charge in [-0.15, -0.1) is 6.58 Å². The zero-order valence-corrected chi connectivity index (χ0v) is 13.0. The number of carbonyl (C=O) groups excluding carboxylic acids is 1. The molecule has 2 aromatic rings. The second kappa shape index (κ2) is 8.71. The van der Waals surface area contributed by atoms with Crippen LogP contribution in [0.15, 0.2) is 85.5 Å². The largest absolute Gasteiger partial charge is 0.449 e. The summed E-state index contributed by atoms with van der Waals surface area (Å²) in [4.78, 5) is 12.3. The average Bonchev–Trinajstić information content (AvgIpc) is 2.61. The monoisotopic (exact) mass is 308 g/mol. The summed E-state index contributed by atoms with van der Waals surface area (Å²) in [6, 6.07) is 19.3. The Balaban J connectivity index is 2.14. The van der Waals surface area contributed by atoms with Crippen LogP contribution in [0.1, 0.15) is 17.2 Å². The van der Waals surface area contributed by atoms with Crippen molar-refractivity contribution in [3.8, 4) is 0 Å². The first kappa shape index (κ1) is 16.7. The van der Waals surface area contributed by atoms with Crippen LogP contribution < -0.4 is 0 Å². The molecule has 0 fully saturated rings.